The monoisotopic (exact) mass is 491 g/mol. The third-order valence-corrected chi connectivity index (χ3v) is 7.15. The molecule has 0 saturated carbocycles. The quantitative estimate of drug-likeness (QED) is 0.335. The highest BCUT2D eigenvalue weighted by atomic mass is 79.9. The van der Waals surface area contributed by atoms with Gasteiger partial charge in [-0.2, -0.15) is 0 Å². The lowest BCUT2D eigenvalue weighted by atomic mass is 10.2. The van der Waals surface area contributed by atoms with E-state index in [4.69, 9.17) is 4.98 Å². The average molecular weight is 493 g/mol. The molecule has 3 rings (SSSR count). The van der Waals surface area contributed by atoms with Crippen molar-refractivity contribution in [2.75, 3.05) is 36.8 Å². The number of hydrogen-bond donors (Lipinski definition) is 0. The average Bonchev–Trinajstić information content (AvgIpc) is 3.14. The first-order valence-corrected chi connectivity index (χ1v) is 12.5. The number of carbonyl (C=O) groups excluding carboxylic acids is 1. The molecule has 4 nitrogen and oxygen atoms in total. The molecule has 0 atom stereocenters. The summed E-state index contributed by atoms with van der Waals surface area (Å²) in [5.41, 5.74) is 1.63. The zero-order valence-corrected chi connectivity index (χ0v) is 20.2. The Morgan fingerprint density at radius 1 is 1.10 bits per heavy atom. The van der Waals surface area contributed by atoms with Crippen LogP contribution in [0.25, 0.3) is 10.2 Å². The van der Waals surface area contributed by atoms with Crippen LogP contribution in [0.2, 0.25) is 0 Å². The van der Waals surface area contributed by atoms with E-state index in [0.29, 0.717) is 12.1 Å². The summed E-state index contributed by atoms with van der Waals surface area (Å²) in [5.74, 6) is 0.990. The number of aromatic nitrogens is 1. The van der Waals surface area contributed by atoms with Crippen LogP contribution < -0.4 is 4.90 Å². The van der Waals surface area contributed by atoms with Crippen molar-refractivity contribution in [3.05, 3.63) is 52.5 Å². The van der Waals surface area contributed by atoms with Crippen LogP contribution in [0, 0.1) is 0 Å². The molecule has 2 aromatic carbocycles. The minimum Gasteiger partial charge on any atom is -0.302 e. The van der Waals surface area contributed by atoms with Crippen LogP contribution in [0.5, 0.6) is 0 Å². The number of halogens is 1. The zero-order valence-electron chi connectivity index (χ0n) is 17.0. The highest BCUT2D eigenvalue weighted by Crippen LogP contribution is 2.32. The number of hydrogen-bond acceptors (Lipinski definition) is 5. The topological polar surface area (TPSA) is 36.4 Å². The van der Waals surface area contributed by atoms with E-state index >= 15 is 0 Å². The number of fused-ring (bicyclic) bond motifs is 1. The Morgan fingerprint density at radius 2 is 1.90 bits per heavy atom. The highest BCUT2D eigenvalue weighted by Gasteiger charge is 2.22. The van der Waals surface area contributed by atoms with Gasteiger partial charge in [-0.05, 0) is 55.2 Å². The molecule has 0 aliphatic carbocycles. The lowest BCUT2D eigenvalue weighted by Crippen LogP contribution is -2.38. The number of likely N-dealkylation sites (N-methyl/N-ethyl adjacent to an activating group) is 1. The largest absolute Gasteiger partial charge is 0.302 e. The summed E-state index contributed by atoms with van der Waals surface area (Å²) in [6.07, 6.45) is 0. The first kappa shape index (κ1) is 22.3. The first-order valence-electron chi connectivity index (χ1n) is 9.88. The second kappa shape index (κ2) is 10.6. The Bertz CT molecular complexity index is 972. The van der Waals surface area contributed by atoms with Crippen LogP contribution in [0.1, 0.15) is 31.1 Å². The maximum atomic E-state index is 13.5. The van der Waals surface area contributed by atoms with Crippen molar-refractivity contribution in [1.29, 1.82) is 0 Å². The summed E-state index contributed by atoms with van der Waals surface area (Å²) in [4.78, 5) is 23.5. The fourth-order valence-corrected chi connectivity index (χ4v) is 5.37. The van der Waals surface area contributed by atoms with Crippen LogP contribution in [0.15, 0.2) is 51.8 Å². The van der Waals surface area contributed by atoms with Crippen molar-refractivity contribution in [3.8, 4) is 0 Å². The normalized spacial score (nSPS) is 11.3. The molecule has 0 radical (unpaired) electrons. The van der Waals surface area contributed by atoms with Gasteiger partial charge >= 0.3 is 0 Å². The van der Waals surface area contributed by atoms with Crippen molar-refractivity contribution in [1.82, 2.24) is 9.88 Å². The van der Waals surface area contributed by atoms with Crippen LogP contribution in [-0.4, -0.2) is 47.7 Å². The SMILES string of the molecule is CCSc1cccc(C(=O)N(CCN(CC)CC)c2nc3ccc(Br)cc3s2)c1. The number of amides is 1. The van der Waals surface area contributed by atoms with Crippen molar-refractivity contribution in [2.45, 2.75) is 25.7 Å². The molecule has 154 valence electrons. The molecule has 0 aliphatic heterocycles. The lowest BCUT2D eigenvalue weighted by Gasteiger charge is -2.25. The fourth-order valence-electron chi connectivity index (χ4n) is 3.11. The van der Waals surface area contributed by atoms with E-state index in [-0.39, 0.29) is 5.91 Å². The van der Waals surface area contributed by atoms with Crippen molar-refractivity contribution in [2.24, 2.45) is 0 Å². The molecule has 0 fully saturated rings. The predicted octanol–water partition coefficient (Wildman–Crippen LogP) is 6.16. The first-order chi connectivity index (χ1) is 14.0. The minimum absolute atomic E-state index is 0.00818. The van der Waals surface area contributed by atoms with E-state index < -0.39 is 0 Å². The zero-order chi connectivity index (χ0) is 20.8. The van der Waals surface area contributed by atoms with Gasteiger partial charge in [-0.1, -0.05) is 54.1 Å². The van der Waals surface area contributed by atoms with Crippen molar-refractivity contribution >= 4 is 60.3 Å². The van der Waals surface area contributed by atoms with E-state index in [1.165, 1.54) is 0 Å². The molecule has 0 unspecified atom stereocenters. The number of benzene rings is 2. The Balaban J connectivity index is 1.95. The van der Waals surface area contributed by atoms with Gasteiger partial charge in [0, 0.05) is 28.0 Å². The summed E-state index contributed by atoms with van der Waals surface area (Å²) in [6, 6.07) is 13.9. The minimum atomic E-state index is 0.00818. The van der Waals surface area contributed by atoms with Crippen LogP contribution in [0.3, 0.4) is 0 Å². The standard InChI is InChI=1S/C22H26BrN3OS2/c1-4-25(5-2)12-13-26(21(27)16-8-7-9-18(14-16)28-6-3)22-24-19-11-10-17(23)15-20(19)29-22/h7-11,14-15H,4-6,12-13H2,1-3H3. The van der Waals surface area contributed by atoms with Gasteiger partial charge in [0.15, 0.2) is 5.13 Å². The summed E-state index contributed by atoms with van der Waals surface area (Å²) in [5, 5.41) is 0.754. The van der Waals surface area contributed by atoms with Crippen LogP contribution >= 0.6 is 39.0 Å². The molecule has 1 amide bonds. The van der Waals surface area contributed by atoms with E-state index in [0.717, 1.165) is 50.1 Å². The van der Waals surface area contributed by atoms with E-state index in [1.54, 1.807) is 23.1 Å². The highest BCUT2D eigenvalue weighted by molar-refractivity contribution is 9.10. The number of rotatable bonds is 9. The molecule has 29 heavy (non-hydrogen) atoms. The molecular formula is C22H26BrN3OS2. The van der Waals surface area contributed by atoms with E-state index in [1.807, 2.05) is 35.2 Å². The summed E-state index contributed by atoms with van der Waals surface area (Å²) in [6.45, 7) is 9.79. The van der Waals surface area contributed by atoms with Gasteiger partial charge in [0.1, 0.15) is 0 Å². The number of thioether (sulfide) groups is 1. The Kier molecular flexibility index (Phi) is 8.12. The number of thiazole rings is 1. The van der Waals surface area contributed by atoms with Gasteiger partial charge in [0.05, 0.1) is 10.2 Å². The summed E-state index contributed by atoms with van der Waals surface area (Å²) < 4.78 is 2.09. The van der Waals surface area contributed by atoms with E-state index in [2.05, 4.69) is 53.7 Å². The summed E-state index contributed by atoms with van der Waals surface area (Å²) >= 11 is 6.84. The molecule has 1 aromatic heterocycles. The lowest BCUT2D eigenvalue weighted by molar-refractivity contribution is 0.0983. The number of carbonyl (C=O) groups is 1. The molecule has 0 bridgehead atoms. The second-order valence-corrected chi connectivity index (χ2v) is 9.82. The molecule has 7 heteroatoms. The molecule has 0 spiro atoms. The van der Waals surface area contributed by atoms with E-state index in [9.17, 15) is 4.79 Å². The molecular weight excluding hydrogens is 466 g/mol. The Morgan fingerprint density at radius 3 is 2.62 bits per heavy atom. The van der Waals surface area contributed by atoms with Gasteiger partial charge < -0.3 is 4.90 Å². The fraction of sp³-hybridized carbons (Fsp3) is 0.364. The molecule has 1 heterocycles. The predicted molar refractivity (Wildman–Crippen MR) is 130 cm³/mol. The number of anilines is 1. The smallest absolute Gasteiger partial charge is 0.260 e. The van der Waals surface area contributed by atoms with Gasteiger partial charge in [-0.25, -0.2) is 4.98 Å². The molecule has 0 saturated heterocycles. The third kappa shape index (κ3) is 5.60. The molecule has 0 N–H and O–H groups in total. The Hall–Kier alpha value is -1.41. The molecule has 0 aliphatic rings. The van der Waals surface area contributed by atoms with Crippen LogP contribution in [-0.2, 0) is 0 Å². The van der Waals surface area contributed by atoms with Gasteiger partial charge in [0.2, 0.25) is 0 Å². The van der Waals surface area contributed by atoms with Gasteiger partial charge in [-0.3, -0.25) is 9.69 Å². The van der Waals surface area contributed by atoms with Crippen LogP contribution in [0.4, 0.5) is 5.13 Å². The molecule has 3 aromatic rings. The van der Waals surface area contributed by atoms with Gasteiger partial charge in [0.25, 0.3) is 5.91 Å². The maximum Gasteiger partial charge on any atom is 0.260 e. The Labute approximate surface area is 189 Å². The van der Waals surface area contributed by atoms with Crippen molar-refractivity contribution in [3.63, 3.8) is 0 Å². The maximum absolute atomic E-state index is 13.5. The summed E-state index contributed by atoms with van der Waals surface area (Å²) in [7, 11) is 0. The number of nitrogens with zero attached hydrogens (tertiary/aromatic N) is 3. The van der Waals surface area contributed by atoms with Crippen molar-refractivity contribution < 1.29 is 4.79 Å². The third-order valence-electron chi connectivity index (χ3n) is 4.74. The van der Waals surface area contributed by atoms with Gasteiger partial charge in [-0.15, -0.1) is 11.8 Å². The second-order valence-electron chi connectivity index (χ2n) is 6.55.